The topological polar surface area (TPSA) is 29.3 Å². The third-order valence-electron chi connectivity index (χ3n) is 3.96. The number of hydrogen-bond donors (Lipinski definition) is 1. The molecule has 1 aromatic carbocycles. The van der Waals surface area contributed by atoms with Gasteiger partial charge in [0.25, 0.3) is 0 Å². The Morgan fingerprint density at radius 3 is 2.83 bits per heavy atom. The largest absolute Gasteiger partial charge is 0.327 e. The summed E-state index contributed by atoms with van der Waals surface area (Å²) in [5.74, 6) is 0.713. The van der Waals surface area contributed by atoms with Crippen LogP contribution in [0, 0.1) is 0 Å². The molecule has 0 radical (unpaired) electrons. The number of unbranched alkanes of at least 4 members (excludes halogenated alkanes) is 1. The summed E-state index contributed by atoms with van der Waals surface area (Å²) >= 11 is 0. The molecule has 2 heteroatoms. The van der Waals surface area contributed by atoms with Crippen LogP contribution < -0.4 is 5.73 Å². The van der Waals surface area contributed by atoms with Crippen molar-refractivity contribution in [2.75, 3.05) is 19.6 Å². The van der Waals surface area contributed by atoms with Gasteiger partial charge in [-0.3, -0.25) is 0 Å². The highest BCUT2D eigenvalue weighted by Gasteiger charge is 2.24. The van der Waals surface area contributed by atoms with Crippen molar-refractivity contribution in [3.05, 3.63) is 35.9 Å². The van der Waals surface area contributed by atoms with E-state index in [-0.39, 0.29) is 0 Å². The van der Waals surface area contributed by atoms with Crippen LogP contribution in [0.1, 0.15) is 44.1 Å². The van der Waals surface area contributed by atoms with E-state index in [9.17, 15) is 0 Å². The van der Waals surface area contributed by atoms with Crippen LogP contribution in [0.2, 0.25) is 0 Å². The first kappa shape index (κ1) is 13.6. The van der Waals surface area contributed by atoms with Crippen molar-refractivity contribution in [1.82, 2.24) is 4.90 Å². The highest BCUT2D eigenvalue weighted by Crippen LogP contribution is 2.26. The van der Waals surface area contributed by atoms with Crippen LogP contribution in [0.5, 0.6) is 0 Å². The first-order valence-corrected chi connectivity index (χ1v) is 7.32. The van der Waals surface area contributed by atoms with E-state index in [1.54, 1.807) is 0 Å². The maximum Gasteiger partial charge on any atom is 0.0167 e. The third-order valence-corrected chi connectivity index (χ3v) is 3.96. The molecule has 1 saturated heterocycles. The van der Waals surface area contributed by atoms with Crippen molar-refractivity contribution in [3.63, 3.8) is 0 Å². The van der Waals surface area contributed by atoms with Gasteiger partial charge >= 0.3 is 0 Å². The number of likely N-dealkylation sites (tertiary alicyclic amines) is 1. The van der Waals surface area contributed by atoms with Crippen LogP contribution in [0.4, 0.5) is 0 Å². The average molecular weight is 246 g/mol. The van der Waals surface area contributed by atoms with Gasteiger partial charge in [-0.25, -0.2) is 0 Å². The van der Waals surface area contributed by atoms with Crippen LogP contribution >= 0.6 is 0 Å². The average Bonchev–Trinajstić information content (AvgIpc) is 2.86. The fourth-order valence-electron chi connectivity index (χ4n) is 2.89. The lowest BCUT2D eigenvalue weighted by Crippen LogP contribution is -2.36. The first-order valence-electron chi connectivity index (χ1n) is 7.32. The molecular formula is C16H26N2. The highest BCUT2D eigenvalue weighted by molar-refractivity contribution is 5.21. The van der Waals surface area contributed by atoms with Crippen molar-refractivity contribution >= 4 is 0 Å². The quantitative estimate of drug-likeness (QED) is 0.836. The fourth-order valence-corrected chi connectivity index (χ4v) is 2.89. The second kappa shape index (κ2) is 6.91. The molecule has 2 N–H and O–H groups in total. The van der Waals surface area contributed by atoms with E-state index < -0.39 is 0 Å². The Morgan fingerprint density at radius 2 is 2.11 bits per heavy atom. The van der Waals surface area contributed by atoms with E-state index in [1.165, 1.54) is 44.3 Å². The van der Waals surface area contributed by atoms with E-state index in [1.807, 2.05) is 0 Å². The fraction of sp³-hybridized carbons (Fsp3) is 0.625. The lowest BCUT2D eigenvalue weighted by molar-refractivity contribution is 0.302. The third kappa shape index (κ3) is 3.82. The molecule has 18 heavy (non-hydrogen) atoms. The highest BCUT2D eigenvalue weighted by atomic mass is 15.2. The summed E-state index contributed by atoms with van der Waals surface area (Å²) in [6.07, 6.45) is 4.96. The van der Waals surface area contributed by atoms with Gasteiger partial charge in [-0.1, -0.05) is 50.1 Å². The molecule has 0 spiro atoms. The molecule has 2 nitrogen and oxygen atoms in total. The summed E-state index contributed by atoms with van der Waals surface area (Å²) in [5, 5.41) is 0. The minimum absolute atomic E-state index is 0.361. The second-order valence-corrected chi connectivity index (χ2v) is 5.56. The van der Waals surface area contributed by atoms with E-state index in [2.05, 4.69) is 42.2 Å². The van der Waals surface area contributed by atoms with Crippen molar-refractivity contribution in [1.29, 1.82) is 0 Å². The minimum Gasteiger partial charge on any atom is -0.327 e. The van der Waals surface area contributed by atoms with Crippen molar-refractivity contribution in [3.8, 4) is 0 Å². The lowest BCUT2D eigenvalue weighted by Gasteiger charge is -2.20. The summed E-state index contributed by atoms with van der Waals surface area (Å²) in [5.41, 5.74) is 7.67. The van der Waals surface area contributed by atoms with Crippen molar-refractivity contribution < 1.29 is 0 Å². The Bertz CT molecular complexity index is 336. The minimum atomic E-state index is 0.361. The predicted octanol–water partition coefficient (Wildman–Crippen LogP) is 2.99. The summed E-state index contributed by atoms with van der Waals surface area (Å²) in [6, 6.07) is 11.3. The van der Waals surface area contributed by atoms with Crippen LogP contribution in [-0.4, -0.2) is 30.6 Å². The molecule has 1 aliphatic heterocycles. The molecule has 2 rings (SSSR count). The van der Waals surface area contributed by atoms with Gasteiger partial charge in [-0.15, -0.1) is 0 Å². The maximum atomic E-state index is 6.18. The second-order valence-electron chi connectivity index (χ2n) is 5.56. The summed E-state index contributed by atoms with van der Waals surface area (Å²) < 4.78 is 0. The van der Waals surface area contributed by atoms with Gasteiger partial charge in [0, 0.05) is 19.1 Å². The predicted molar refractivity (Wildman–Crippen MR) is 77.7 cm³/mol. The molecular weight excluding hydrogens is 220 g/mol. The van der Waals surface area contributed by atoms with E-state index >= 15 is 0 Å². The van der Waals surface area contributed by atoms with Gasteiger partial charge in [0.15, 0.2) is 0 Å². The monoisotopic (exact) mass is 246 g/mol. The van der Waals surface area contributed by atoms with Crippen molar-refractivity contribution in [2.24, 2.45) is 5.73 Å². The number of benzene rings is 1. The summed E-state index contributed by atoms with van der Waals surface area (Å²) in [7, 11) is 0. The molecule has 0 aliphatic carbocycles. The van der Waals surface area contributed by atoms with Gasteiger partial charge < -0.3 is 10.6 Å². The molecule has 1 aromatic rings. The Kier molecular flexibility index (Phi) is 5.21. The number of nitrogens with zero attached hydrogens (tertiary/aromatic N) is 1. The maximum absolute atomic E-state index is 6.18. The standard InChI is InChI=1S/C16H26N2/c1-2-3-9-16(17)13-18-11-10-15(12-18)14-7-5-4-6-8-14/h4-8,15-16H,2-3,9-13,17H2,1H3. The molecule has 1 aliphatic rings. The number of hydrogen-bond acceptors (Lipinski definition) is 2. The van der Waals surface area contributed by atoms with Gasteiger partial charge in [0.2, 0.25) is 0 Å². The smallest absolute Gasteiger partial charge is 0.0167 e. The van der Waals surface area contributed by atoms with Gasteiger partial charge in [-0.2, -0.15) is 0 Å². The van der Waals surface area contributed by atoms with Crippen LogP contribution in [0.15, 0.2) is 30.3 Å². The molecule has 1 heterocycles. The molecule has 0 amide bonds. The number of rotatable bonds is 6. The Hall–Kier alpha value is -0.860. The Morgan fingerprint density at radius 1 is 1.33 bits per heavy atom. The van der Waals surface area contributed by atoms with Crippen molar-refractivity contribution in [2.45, 2.75) is 44.6 Å². The molecule has 100 valence electrons. The molecule has 0 saturated carbocycles. The summed E-state index contributed by atoms with van der Waals surface area (Å²) in [6.45, 7) is 5.70. The molecule has 1 fully saturated rings. The molecule has 2 unspecified atom stereocenters. The van der Waals surface area contributed by atoms with E-state index in [0.717, 1.165) is 6.54 Å². The Labute approximate surface area is 111 Å². The van der Waals surface area contributed by atoms with Gasteiger partial charge in [-0.05, 0) is 30.9 Å². The summed E-state index contributed by atoms with van der Waals surface area (Å²) in [4.78, 5) is 2.54. The zero-order valence-corrected chi connectivity index (χ0v) is 11.5. The number of nitrogens with two attached hydrogens (primary N) is 1. The zero-order valence-electron chi connectivity index (χ0n) is 11.5. The van der Waals surface area contributed by atoms with Gasteiger partial charge in [0.1, 0.15) is 0 Å². The normalized spacial score (nSPS) is 22.2. The molecule has 0 aromatic heterocycles. The van der Waals surface area contributed by atoms with Gasteiger partial charge in [0.05, 0.1) is 0 Å². The SMILES string of the molecule is CCCCC(N)CN1CCC(c2ccccc2)C1. The van der Waals surface area contributed by atoms with E-state index in [0.29, 0.717) is 12.0 Å². The first-order chi connectivity index (χ1) is 8.79. The lowest BCUT2D eigenvalue weighted by atomic mass is 9.99. The van der Waals surface area contributed by atoms with Crippen LogP contribution in [0.25, 0.3) is 0 Å². The molecule has 2 atom stereocenters. The van der Waals surface area contributed by atoms with Crippen LogP contribution in [-0.2, 0) is 0 Å². The van der Waals surface area contributed by atoms with Crippen LogP contribution in [0.3, 0.4) is 0 Å². The zero-order chi connectivity index (χ0) is 12.8. The molecule has 0 bridgehead atoms. The Balaban J connectivity index is 1.78. The van der Waals surface area contributed by atoms with E-state index in [4.69, 9.17) is 5.73 Å².